The van der Waals surface area contributed by atoms with E-state index in [0.717, 1.165) is 0 Å². The number of aromatic nitrogens is 2. The minimum Gasteiger partial charge on any atom is -0.346 e. The maximum absolute atomic E-state index is 13.7. The zero-order valence-corrected chi connectivity index (χ0v) is 11.6. The number of rotatable bonds is 3. The van der Waals surface area contributed by atoms with Gasteiger partial charge < -0.3 is 11.1 Å². The molecule has 108 valence electrons. The van der Waals surface area contributed by atoms with Gasteiger partial charge in [-0.1, -0.05) is 11.8 Å². The molecule has 0 saturated heterocycles. The maximum Gasteiger partial charge on any atom is 0.254 e. The van der Waals surface area contributed by atoms with Crippen LogP contribution in [0.15, 0.2) is 30.5 Å². The molecule has 0 spiro atoms. The lowest BCUT2D eigenvalue weighted by Crippen LogP contribution is -2.24. The normalized spacial score (nSPS) is 9.86. The van der Waals surface area contributed by atoms with Crippen LogP contribution in [0.4, 0.5) is 4.39 Å². The van der Waals surface area contributed by atoms with Gasteiger partial charge in [-0.05, 0) is 24.3 Å². The van der Waals surface area contributed by atoms with Gasteiger partial charge in [0.2, 0.25) is 0 Å². The highest BCUT2D eigenvalue weighted by Gasteiger charge is 2.12. The van der Waals surface area contributed by atoms with Gasteiger partial charge in [0.15, 0.2) is 0 Å². The maximum atomic E-state index is 13.7. The molecule has 1 aromatic carbocycles. The van der Waals surface area contributed by atoms with Gasteiger partial charge in [0, 0.05) is 18.8 Å². The number of aryl methyl sites for hydroxylation is 1. The standard InChI is InChI=1S/C15H15FN4O/c1-20-8-6-12(19-20)10-18-15(21)13-9-11(3-2-7-17)4-5-14(13)16/h4-6,8-9H,7,10,17H2,1H3,(H,18,21). The third kappa shape index (κ3) is 3.91. The molecule has 0 radical (unpaired) electrons. The van der Waals surface area contributed by atoms with Gasteiger partial charge in [-0.2, -0.15) is 5.10 Å². The van der Waals surface area contributed by atoms with E-state index in [1.807, 2.05) is 0 Å². The summed E-state index contributed by atoms with van der Waals surface area (Å²) in [6.07, 6.45) is 1.77. The second-order valence-electron chi connectivity index (χ2n) is 4.36. The SMILES string of the molecule is Cn1ccc(CNC(=O)c2cc(C#CCN)ccc2F)n1. The van der Waals surface area contributed by atoms with Crippen molar-refractivity contribution in [3.05, 3.63) is 53.1 Å². The number of carbonyl (C=O) groups excluding carboxylic acids is 1. The summed E-state index contributed by atoms with van der Waals surface area (Å²) in [5, 5.41) is 6.75. The molecule has 1 heterocycles. The van der Waals surface area contributed by atoms with Gasteiger partial charge in [-0.15, -0.1) is 0 Å². The number of hydrogen-bond acceptors (Lipinski definition) is 3. The first kappa shape index (κ1) is 14.8. The molecule has 0 atom stereocenters. The minimum atomic E-state index is -0.591. The molecular weight excluding hydrogens is 271 g/mol. The van der Waals surface area contributed by atoms with E-state index < -0.39 is 11.7 Å². The monoisotopic (exact) mass is 286 g/mol. The Morgan fingerprint density at radius 2 is 2.29 bits per heavy atom. The summed E-state index contributed by atoms with van der Waals surface area (Å²) >= 11 is 0. The Labute approximate surface area is 122 Å². The quantitative estimate of drug-likeness (QED) is 0.820. The summed E-state index contributed by atoms with van der Waals surface area (Å²) in [7, 11) is 1.78. The third-order valence-electron chi connectivity index (χ3n) is 2.74. The van der Waals surface area contributed by atoms with Crippen LogP contribution in [0.25, 0.3) is 0 Å². The largest absolute Gasteiger partial charge is 0.346 e. The van der Waals surface area contributed by atoms with Crippen molar-refractivity contribution in [3.63, 3.8) is 0 Å². The summed E-state index contributed by atoms with van der Waals surface area (Å²) in [5.74, 6) is 4.33. The van der Waals surface area contributed by atoms with E-state index in [9.17, 15) is 9.18 Å². The predicted molar refractivity (Wildman–Crippen MR) is 76.7 cm³/mol. The Balaban J connectivity index is 2.10. The number of carbonyl (C=O) groups is 1. The first-order valence-electron chi connectivity index (χ1n) is 6.35. The van der Waals surface area contributed by atoms with Crippen molar-refractivity contribution < 1.29 is 9.18 Å². The Kier molecular flexibility index (Phi) is 4.69. The molecule has 5 nitrogen and oxygen atoms in total. The van der Waals surface area contributed by atoms with E-state index in [0.29, 0.717) is 11.3 Å². The summed E-state index contributed by atoms with van der Waals surface area (Å²) in [5.41, 5.74) is 6.48. The smallest absolute Gasteiger partial charge is 0.254 e. The van der Waals surface area contributed by atoms with Crippen LogP contribution in [-0.4, -0.2) is 22.2 Å². The van der Waals surface area contributed by atoms with E-state index in [2.05, 4.69) is 22.3 Å². The number of benzene rings is 1. The van der Waals surface area contributed by atoms with Crippen molar-refractivity contribution in [1.29, 1.82) is 0 Å². The number of amides is 1. The van der Waals surface area contributed by atoms with Crippen LogP contribution in [0.5, 0.6) is 0 Å². The molecule has 0 aliphatic carbocycles. The van der Waals surface area contributed by atoms with Crippen molar-refractivity contribution >= 4 is 5.91 Å². The molecule has 0 saturated carbocycles. The van der Waals surface area contributed by atoms with Crippen LogP contribution in [-0.2, 0) is 13.6 Å². The summed E-state index contributed by atoms with van der Waals surface area (Å²) in [6, 6.07) is 5.91. The van der Waals surface area contributed by atoms with Crippen LogP contribution >= 0.6 is 0 Å². The Bertz CT molecular complexity index is 712. The Morgan fingerprint density at radius 1 is 1.48 bits per heavy atom. The first-order chi connectivity index (χ1) is 10.1. The fourth-order valence-electron chi connectivity index (χ4n) is 1.75. The highest BCUT2D eigenvalue weighted by molar-refractivity contribution is 5.94. The van der Waals surface area contributed by atoms with Crippen molar-refractivity contribution in [2.45, 2.75) is 6.54 Å². The van der Waals surface area contributed by atoms with Crippen LogP contribution < -0.4 is 11.1 Å². The fourth-order valence-corrected chi connectivity index (χ4v) is 1.75. The van der Waals surface area contributed by atoms with Crippen molar-refractivity contribution in [1.82, 2.24) is 15.1 Å². The van der Waals surface area contributed by atoms with Gasteiger partial charge in [0.25, 0.3) is 5.91 Å². The molecule has 21 heavy (non-hydrogen) atoms. The molecule has 1 aromatic heterocycles. The molecule has 1 amide bonds. The first-order valence-corrected chi connectivity index (χ1v) is 6.35. The molecule has 2 rings (SSSR count). The van der Waals surface area contributed by atoms with E-state index in [4.69, 9.17) is 5.73 Å². The molecular formula is C15H15FN4O. The average molecular weight is 286 g/mol. The molecule has 0 unspecified atom stereocenters. The molecule has 3 N–H and O–H groups in total. The second kappa shape index (κ2) is 6.68. The molecule has 0 fully saturated rings. The molecule has 0 bridgehead atoms. The molecule has 0 aliphatic rings. The number of hydrogen-bond donors (Lipinski definition) is 2. The van der Waals surface area contributed by atoms with Crippen LogP contribution in [0, 0.1) is 17.7 Å². The fraction of sp³-hybridized carbons (Fsp3) is 0.200. The summed E-state index contributed by atoms with van der Waals surface area (Å²) in [6.45, 7) is 0.441. The third-order valence-corrected chi connectivity index (χ3v) is 2.74. The van der Waals surface area contributed by atoms with Gasteiger partial charge in [0.1, 0.15) is 5.82 Å². The molecule has 2 aromatic rings. The lowest BCUT2D eigenvalue weighted by Gasteiger charge is -2.05. The highest BCUT2D eigenvalue weighted by Crippen LogP contribution is 2.10. The lowest BCUT2D eigenvalue weighted by molar-refractivity contribution is 0.0946. The minimum absolute atomic E-state index is 0.0465. The molecule has 0 aliphatic heterocycles. The predicted octanol–water partition coefficient (Wildman–Crippen LogP) is 0.799. The summed E-state index contributed by atoms with van der Waals surface area (Å²) in [4.78, 5) is 12.0. The van der Waals surface area contributed by atoms with Gasteiger partial charge >= 0.3 is 0 Å². The van der Waals surface area contributed by atoms with Crippen LogP contribution in [0.3, 0.4) is 0 Å². The number of nitrogens with two attached hydrogens (primary N) is 1. The van der Waals surface area contributed by atoms with Crippen molar-refractivity contribution in [3.8, 4) is 11.8 Å². The van der Waals surface area contributed by atoms with Crippen LogP contribution in [0.1, 0.15) is 21.6 Å². The Morgan fingerprint density at radius 3 is 2.95 bits per heavy atom. The average Bonchev–Trinajstić information content (AvgIpc) is 2.89. The van der Waals surface area contributed by atoms with E-state index in [1.165, 1.54) is 18.2 Å². The zero-order chi connectivity index (χ0) is 15.2. The Hall–Kier alpha value is -2.65. The zero-order valence-electron chi connectivity index (χ0n) is 11.6. The van der Waals surface area contributed by atoms with Gasteiger partial charge in [0.05, 0.1) is 24.3 Å². The second-order valence-corrected chi connectivity index (χ2v) is 4.36. The number of halogens is 1. The highest BCUT2D eigenvalue weighted by atomic mass is 19.1. The number of nitrogens with zero attached hydrogens (tertiary/aromatic N) is 2. The topological polar surface area (TPSA) is 72.9 Å². The number of nitrogens with one attached hydrogen (secondary N) is 1. The van der Waals surface area contributed by atoms with E-state index in [-0.39, 0.29) is 18.7 Å². The summed E-state index contributed by atoms with van der Waals surface area (Å²) < 4.78 is 15.3. The van der Waals surface area contributed by atoms with Gasteiger partial charge in [-0.3, -0.25) is 9.48 Å². The van der Waals surface area contributed by atoms with Crippen molar-refractivity contribution in [2.24, 2.45) is 12.8 Å². The van der Waals surface area contributed by atoms with Crippen molar-refractivity contribution in [2.75, 3.05) is 6.54 Å². The van der Waals surface area contributed by atoms with Crippen LogP contribution in [0.2, 0.25) is 0 Å². The van der Waals surface area contributed by atoms with E-state index in [1.54, 1.807) is 24.0 Å². The lowest BCUT2D eigenvalue weighted by atomic mass is 10.1. The van der Waals surface area contributed by atoms with E-state index >= 15 is 0 Å². The molecule has 6 heteroatoms. The van der Waals surface area contributed by atoms with Gasteiger partial charge in [-0.25, -0.2) is 4.39 Å².